The lowest BCUT2D eigenvalue weighted by Gasteiger charge is -2.19. The van der Waals surface area contributed by atoms with Crippen molar-refractivity contribution >= 4 is 6.09 Å². The van der Waals surface area contributed by atoms with E-state index >= 15 is 0 Å². The predicted octanol–water partition coefficient (Wildman–Crippen LogP) is 2.10. The zero-order valence-corrected chi connectivity index (χ0v) is 8.13. The van der Waals surface area contributed by atoms with Gasteiger partial charge >= 0.3 is 6.09 Å². The Kier molecular flexibility index (Phi) is 4.04. The molecule has 0 aliphatic rings. The van der Waals surface area contributed by atoms with Crippen molar-refractivity contribution in [3.8, 4) is 0 Å². The minimum atomic E-state index is -0.692. The van der Waals surface area contributed by atoms with Gasteiger partial charge in [-0.05, 0) is 26.8 Å². The van der Waals surface area contributed by atoms with Crippen LogP contribution in [0.2, 0.25) is 0 Å². The second-order valence-corrected chi connectivity index (χ2v) is 3.41. The Bertz CT molecular complexity index is 226. The lowest BCUT2D eigenvalue weighted by molar-refractivity contribution is 0.0521. The number of amides is 1. The molecule has 1 amide bonds. The number of hydrogen-bond acceptors (Lipinski definition) is 3. The van der Waals surface area contributed by atoms with Gasteiger partial charge in [-0.1, -0.05) is 12.7 Å². The monoisotopic (exact) mass is 185 g/mol. The van der Waals surface area contributed by atoms with Gasteiger partial charge in [-0.25, -0.2) is 4.79 Å². The molecule has 2 N–H and O–H groups in total. The van der Waals surface area contributed by atoms with Crippen LogP contribution in [-0.2, 0) is 4.74 Å². The molecular formula is C9H15NO3. The highest BCUT2D eigenvalue weighted by molar-refractivity contribution is 5.69. The molecule has 0 aliphatic heterocycles. The average molecular weight is 185 g/mol. The summed E-state index contributed by atoms with van der Waals surface area (Å²) in [5.41, 5.74) is -0.571. The maximum atomic E-state index is 11.0. The number of nitrogens with one attached hydrogen (secondary N) is 1. The van der Waals surface area contributed by atoms with Gasteiger partial charge in [0.05, 0.1) is 0 Å². The lowest BCUT2D eigenvalue weighted by Crippen LogP contribution is -2.31. The molecule has 0 aromatic carbocycles. The number of aliphatic hydroxyl groups excluding tert-OH is 1. The van der Waals surface area contributed by atoms with E-state index in [-0.39, 0.29) is 5.88 Å². The zero-order chi connectivity index (χ0) is 10.5. The summed E-state index contributed by atoms with van der Waals surface area (Å²) in [6.07, 6.45) is 1.92. The Labute approximate surface area is 77.9 Å². The zero-order valence-electron chi connectivity index (χ0n) is 8.13. The molecule has 0 fully saturated rings. The van der Waals surface area contributed by atoms with Crippen molar-refractivity contribution in [1.82, 2.24) is 5.32 Å². The van der Waals surface area contributed by atoms with Gasteiger partial charge < -0.3 is 9.84 Å². The highest BCUT2D eigenvalue weighted by Crippen LogP contribution is 2.06. The van der Waals surface area contributed by atoms with E-state index in [1.165, 1.54) is 12.2 Å². The number of hydrogen-bond donors (Lipinski definition) is 2. The molecule has 4 nitrogen and oxygen atoms in total. The molecule has 0 heterocycles. The molecule has 0 aliphatic carbocycles. The van der Waals surface area contributed by atoms with Crippen LogP contribution < -0.4 is 5.32 Å². The number of allylic oxidation sites excluding steroid dienone is 2. The van der Waals surface area contributed by atoms with Crippen LogP contribution in [0.25, 0.3) is 0 Å². The third kappa shape index (κ3) is 6.93. The Morgan fingerprint density at radius 2 is 2.08 bits per heavy atom. The van der Waals surface area contributed by atoms with Gasteiger partial charge in [-0.15, -0.1) is 0 Å². The smallest absolute Gasteiger partial charge is 0.414 e. The van der Waals surface area contributed by atoms with Crippen LogP contribution in [0, 0.1) is 0 Å². The van der Waals surface area contributed by atoms with Crippen molar-refractivity contribution in [3.05, 3.63) is 24.6 Å². The molecule has 13 heavy (non-hydrogen) atoms. The largest absolute Gasteiger partial charge is 0.494 e. The maximum absolute atomic E-state index is 11.0. The van der Waals surface area contributed by atoms with E-state index in [0.29, 0.717) is 0 Å². The molecule has 0 aromatic heterocycles. The van der Waals surface area contributed by atoms with Gasteiger partial charge in [0.2, 0.25) is 0 Å². The topological polar surface area (TPSA) is 58.6 Å². The van der Waals surface area contributed by atoms with E-state index in [1.807, 2.05) is 0 Å². The van der Waals surface area contributed by atoms with Crippen LogP contribution >= 0.6 is 0 Å². The SMILES string of the molecule is C=C/C=C(/O)NC(=O)OC(C)(C)C. The molecule has 74 valence electrons. The number of carbonyl (C=O) groups is 1. The number of carbonyl (C=O) groups excluding carboxylic acids is 1. The van der Waals surface area contributed by atoms with Crippen molar-refractivity contribution in [2.24, 2.45) is 0 Å². The first-order valence-corrected chi connectivity index (χ1v) is 3.87. The van der Waals surface area contributed by atoms with Crippen molar-refractivity contribution < 1.29 is 14.6 Å². The summed E-state index contributed by atoms with van der Waals surface area (Å²) in [5, 5.41) is 11.1. The van der Waals surface area contributed by atoms with Gasteiger partial charge in [0.1, 0.15) is 5.60 Å². The number of ether oxygens (including phenoxy) is 1. The van der Waals surface area contributed by atoms with Gasteiger partial charge in [0.25, 0.3) is 0 Å². The van der Waals surface area contributed by atoms with Gasteiger partial charge in [0, 0.05) is 0 Å². The minimum absolute atomic E-state index is 0.288. The molecule has 0 unspecified atom stereocenters. The first-order valence-electron chi connectivity index (χ1n) is 3.87. The molecule has 0 saturated carbocycles. The fraction of sp³-hybridized carbons (Fsp3) is 0.444. The first kappa shape index (κ1) is 11.6. The molecule has 4 heteroatoms. The number of alkyl carbamates (subject to hydrolysis) is 1. The quantitative estimate of drug-likeness (QED) is 0.511. The predicted molar refractivity (Wildman–Crippen MR) is 50.3 cm³/mol. The highest BCUT2D eigenvalue weighted by Gasteiger charge is 2.16. The Morgan fingerprint density at radius 1 is 1.54 bits per heavy atom. The molecule has 0 aromatic rings. The van der Waals surface area contributed by atoms with Crippen LogP contribution in [0.15, 0.2) is 24.6 Å². The molecule has 0 saturated heterocycles. The van der Waals surface area contributed by atoms with E-state index in [4.69, 9.17) is 9.84 Å². The molecule has 0 radical (unpaired) electrons. The van der Waals surface area contributed by atoms with Crippen molar-refractivity contribution in [2.45, 2.75) is 26.4 Å². The highest BCUT2D eigenvalue weighted by atomic mass is 16.6. The van der Waals surface area contributed by atoms with Gasteiger partial charge in [-0.2, -0.15) is 0 Å². The Hall–Kier alpha value is -1.45. The summed E-state index contributed by atoms with van der Waals surface area (Å²) in [6, 6.07) is 0. The summed E-state index contributed by atoms with van der Waals surface area (Å²) in [6.45, 7) is 8.56. The van der Waals surface area contributed by atoms with E-state index in [9.17, 15) is 4.79 Å². The Morgan fingerprint density at radius 3 is 2.46 bits per heavy atom. The fourth-order valence-corrected chi connectivity index (χ4v) is 0.561. The van der Waals surface area contributed by atoms with E-state index < -0.39 is 11.7 Å². The fourth-order valence-electron chi connectivity index (χ4n) is 0.561. The molecular weight excluding hydrogens is 170 g/mol. The van der Waals surface area contributed by atoms with Crippen LogP contribution in [-0.4, -0.2) is 16.8 Å². The molecule has 0 bridgehead atoms. The summed E-state index contributed by atoms with van der Waals surface area (Å²) in [7, 11) is 0. The van der Waals surface area contributed by atoms with Crippen LogP contribution in [0.5, 0.6) is 0 Å². The van der Waals surface area contributed by atoms with Crippen molar-refractivity contribution in [1.29, 1.82) is 0 Å². The third-order valence-corrected chi connectivity index (χ3v) is 0.905. The van der Waals surface area contributed by atoms with Crippen LogP contribution in [0.3, 0.4) is 0 Å². The summed E-state index contributed by atoms with van der Waals surface area (Å²) < 4.78 is 4.87. The second-order valence-electron chi connectivity index (χ2n) is 3.41. The van der Waals surface area contributed by atoms with E-state index in [1.54, 1.807) is 20.8 Å². The van der Waals surface area contributed by atoms with Gasteiger partial charge in [0.15, 0.2) is 5.88 Å². The van der Waals surface area contributed by atoms with Crippen LogP contribution in [0.1, 0.15) is 20.8 Å². The molecule has 0 spiro atoms. The number of aliphatic hydroxyl groups is 1. The molecule has 0 rings (SSSR count). The third-order valence-electron chi connectivity index (χ3n) is 0.905. The summed E-state index contributed by atoms with van der Waals surface area (Å²) in [5.74, 6) is -0.288. The standard InChI is InChI=1S/C9H15NO3/c1-5-6-7(11)10-8(12)13-9(2,3)4/h5-6,11H,1H2,2-4H3,(H,10,12)/b7-6+. The summed E-state index contributed by atoms with van der Waals surface area (Å²) >= 11 is 0. The number of rotatable bonds is 2. The van der Waals surface area contributed by atoms with Crippen molar-refractivity contribution in [3.63, 3.8) is 0 Å². The van der Waals surface area contributed by atoms with Crippen molar-refractivity contribution in [2.75, 3.05) is 0 Å². The average Bonchev–Trinajstić information content (AvgIpc) is 1.81. The van der Waals surface area contributed by atoms with Gasteiger partial charge in [-0.3, -0.25) is 5.32 Å². The molecule has 0 atom stereocenters. The minimum Gasteiger partial charge on any atom is -0.494 e. The normalized spacial score (nSPS) is 12.1. The van der Waals surface area contributed by atoms with E-state index in [0.717, 1.165) is 0 Å². The Balaban J connectivity index is 4.03. The summed E-state index contributed by atoms with van der Waals surface area (Å²) in [4.78, 5) is 11.0. The lowest BCUT2D eigenvalue weighted by atomic mass is 10.2. The second kappa shape index (κ2) is 4.54. The maximum Gasteiger partial charge on any atom is 0.414 e. The van der Waals surface area contributed by atoms with E-state index in [2.05, 4.69) is 11.9 Å². The first-order chi connectivity index (χ1) is 5.85. The van der Waals surface area contributed by atoms with Crippen LogP contribution in [0.4, 0.5) is 4.79 Å².